The van der Waals surface area contributed by atoms with Crippen LogP contribution in [0.2, 0.25) is 0 Å². The van der Waals surface area contributed by atoms with E-state index in [-0.39, 0.29) is 22.4 Å². The van der Waals surface area contributed by atoms with Crippen molar-refractivity contribution in [2.75, 3.05) is 23.5 Å². The van der Waals surface area contributed by atoms with Crippen molar-refractivity contribution in [2.45, 2.75) is 6.42 Å². The molecule has 1 aromatic rings. The molecule has 1 saturated heterocycles. The molecule has 1 aliphatic rings. The Morgan fingerprint density at radius 3 is 2.60 bits per heavy atom. The molecule has 1 fully saturated rings. The normalized spacial score (nSPS) is 20.6. The third-order valence-electron chi connectivity index (χ3n) is 3.44. The summed E-state index contributed by atoms with van der Waals surface area (Å²) in [5.41, 5.74) is 6.86. The first kappa shape index (κ1) is 14.9. The van der Waals surface area contributed by atoms with Crippen molar-refractivity contribution in [3.05, 3.63) is 29.8 Å². The third-order valence-corrected chi connectivity index (χ3v) is 5.43. The standard InChI is InChI=1S/C13H16N2O3S2/c1-15(11-5-3-2-4-10(11)12(14)19)13(16)9-6-7-20(17,18)8-9/h2-5,9H,6-8H2,1H3,(H2,14,19). The summed E-state index contributed by atoms with van der Waals surface area (Å²) >= 11 is 4.97. The molecule has 20 heavy (non-hydrogen) atoms. The number of sulfone groups is 1. The Morgan fingerprint density at radius 2 is 2.05 bits per heavy atom. The molecule has 1 amide bonds. The lowest BCUT2D eigenvalue weighted by Crippen LogP contribution is -2.34. The number of hydrogen-bond donors (Lipinski definition) is 1. The summed E-state index contributed by atoms with van der Waals surface area (Å²) in [6.07, 6.45) is 0.376. The lowest BCUT2D eigenvalue weighted by Gasteiger charge is -2.22. The highest BCUT2D eigenvalue weighted by molar-refractivity contribution is 7.91. The number of carbonyl (C=O) groups is 1. The fourth-order valence-corrected chi connectivity index (χ4v) is 4.26. The van der Waals surface area contributed by atoms with Crippen LogP contribution >= 0.6 is 12.2 Å². The first-order valence-electron chi connectivity index (χ1n) is 6.18. The van der Waals surface area contributed by atoms with Gasteiger partial charge < -0.3 is 10.6 Å². The molecule has 1 aromatic carbocycles. The minimum absolute atomic E-state index is 0.0776. The van der Waals surface area contributed by atoms with E-state index in [1.54, 1.807) is 31.3 Å². The van der Waals surface area contributed by atoms with Gasteiger partial charge in [0.05, 0.1) is 23.1 Å². The van der Waals surface area contributed by atoms with Crippen LogP contribution in [0, 0.1) is 5.92 Å². The maximum atomic E-state index is 12.4. The highest BCUT2D eigenvalue weighted by atomic mass is 32.2. The molecule has 7 heteroatoms. The van der Waals surface area contributed by atoms with E-state index in [0.717, 1.165) is 0 Å². The maximum Gasteiger partial charge on any atom is 0.230 e. The number of benzene rings is 1. The van der Waals surface area contributed by atoms with Crippen molar-refractivity contribution < 1.29 is 13.2 Å². The summed E-state index contributed by atoms with van der Waals surface area (Å²) in [6.45, 7) is 0. The van der Waals surface area contributed by atoms with Gasteiger partial charge in [-0.1, -0.05) is 24.4 Å². The molecule has 0 aromatic heterocycles. The fraction of sp³-hybridized carbons (Fsp3) is 0.385. The van der Waals surface area contributed by atoms with Crippen LogP contribution in [0.25, 0.3) is 0 Å². The molecule has 0 saturated carbocycles. The molecule has 108 valence electrons. The van der Waals surface area contributed by atoms with E-state index < -0.39 is 15.8 Å². The second-order valence-electron chi connectivity index (χ2n) is 4.88. The molecule has 0 radical (unpaired) electrons. The maximum absolute atomic E-state index is 12.4. The SMILES string of the molecule is CN(C(=O)C1CCS(=O)(=O)C1)c1ccccc1C(N)=S. The predicted molar refractivity (Wildman–Crippen MR) is 82.5 cm³/mol. The van der Waals surface area contributed by atoms with Gasteiger partial charge >= 0.3 is 0 Å². The highest BCUT2D eigenvalue weighted by Gasteiger charge is 2.35. The average Bonchev–Trinajstić information content (AvgIpc) is 2.77. The van der Waals surface area contributed by atoms with Crippen LogP contribution in [0.1, 0.15) is 12.0 Å². The lowest BCUT2D eigenvalue weighted by atomic mass is 10.1. The van der Waals surface area contributed by atoms with Crippen LogP contribution in [-0.2, 0) is 14.6 Å². The van der Waals surface area contributed by atoms with E-state index >= 15 is 0 Å². The van der Waals surface area contributed by atoms with Crippen LogP contribution < -0.4 is 10.6 Å². The molecule has 1 aliphatic heterocycles. The Bertz CT molecular complexity index is 655. The minimum atomic E-state index is -3.08. The quantitative estimate of drug-likeness (QED) is 0.832. The topological polar surface area (TPSA) is 80.5 Å². The molecule has 1 unspecified atom stereocenters. The fourth-order valence-electron chi connectivity index (χ4n) is 2.36. The Balaban J connectivity index is 2.26. The predicted octanol–water partition coefficient (Wildman–Crippen LogP) is 0.718. The van der Waals surface area contributed by atoms with E-state index in [1.165, 1.54) is 4.90 Å². The smallest absolute Gasteiger partial charge is 0.230 e. The number of carbonyl (C=O) groups excluding carboxylic acids is 1. The van der Waals surface area contributed by atoms with E-state index in [0.29, 0.717) is 17.7 Å². The Kier molecular flexibility index (Phi) is 4.10. The summed E-state index contributed by atoms with van der Waals surface area (Å²) in [6, 6.07) is 7.06. The minimum Gasteiger partial charge on any atom is -0.389 e. The third kappa shape index (κ3) is 2.99. The second-order valence-corrected chi connectivity index (χ2v) is 7.55. The van der Waals surface area contributed by atoms with Crippen molar-refractivity contribution in [1.29, 1.82) is 0 Å². The van der Waals surface area contributed by atoms with Gasteiger partial charge in [-0.2, -0.15) is 0 Å². The van der Waals surface area contributed by atoms with E-state index in [4.69, 9.17) is 18.0 Å². The molecular weight excluding hydrogens is 296 g/mol. The highest BCUT2D eigenvalue weighted by Crippen LogP contribution is 2.25. The number of nitrogens with zero attached hydrogens (tertiary/aromatic N) is 1. The average molecular weight is 312 g/mol. The molecule has 2 rings (SSSR count). The lowest BCUT2D eigenvalue weighted by molar-refractivity contribution is -0.121. The number of thiocarbonyl (C=S) groups is 1. The zero-order chi connectivity index (χ0) is 14.9. The number of anilines is 1. The van der Waals surface area contributed by atoms with Gasteiger partial charge in [0.25, 0.3) is 0 Å². The van der Waals surface area contributed by atoms with Crippen LogP contribution in [0.5, 0.6) is 0 Å². The molecule has 2 N–H and O–H groups in total. The van der Waals surface area contributed by atoms with Gasteiger partial charge in [0.1, 0.15) is 4.99 Å². The van der Waals surface area contributed by atoms with Gasteiger partial charge in [0.15, 0.2) is 9.84 Å². The van der Waals surface area contributed by atoms with E-state index in [2.05, 4.69) is 0 Å². The van der Waals surface area contributed by atoms with Crippen LogP contribution in [-0.4, -0.2) is 37.9 Å². The summed E-state index contributed by atoms with van der Waals surface area (Å²) in [4.78, 5) is 14.0. The largest absolute Gasteiger partial charge is 0.389 e. The monoisotopic (exact) mass is 312 g/mol. The van der Waals surface area contributed by atoms with Crippen molar-refractivity contribution in [1.82, 2.24) is 0 Å². The summed E-state index contributed by atoms with van der Waals surface area (Å²) in [7, 11) is -1.47. The van der Waals surface area contributed by atoms with Crippen LogP contribution in [0.3, 0.4) is 0 Å². The number of amides is 1. The van der Waals surface area contributed by atoms with Gasteiger partial charge in [-0.05, 0) is 18.6 Å². The Morgan fingerprint density at radius 1 is 1.40 bits per heavy atom. The number of hydrogen-bond acceptors (Lipinski definition) is 4. The first-order valence-corrected chi connectivity index (χ1v) is 8.41. The molecule has 0 bridgehead atoms. The van der Waals surface area contributed by atoms with Gasteiger partial charge in [0, 0.05) is 12.6 Å². The van der Waals surface area contributed by atoms with Gasteiger partial charge in [-0.3, -0.25) is 4.79 Å². The number of rotatable bonds is 3. The molecule has 5 nitrogen and oxygen atoms in total. The van der Waals surface area contributed by atoms with Crippen molar-refractivity contribution in [2.24, 2.45) is 11.7 Å². The van der Waals surface area contributed by atoms with Crippen molar-refractivity contribution in [3.8, 4) is 0 Å². The van der Waals surface area contributed by atoms with Gasteiger partial charge in [0.2, 0.25) is 5.91 Å². The molecule has 0 aliphatic carbocycles. The molecule has 1 atom stereocenters. The molecule has 0 spiro atoms. The summed E-state index contributed by atoms with van der Waals surface area (Å²) in [5.74, 6) is -0.696. The van der Waals surface area contributed by atoms with Gasteiger partial charge in [-0.25, -0.2) is 8.42 Å². The van der Waals surface area contributed by atoms with Crippen molar-refractivity contribution in [3.63, 3.8) is 0 Å². The zero-order valence-electron chi connectivity index (χ0n) is 11.1. The Labute approximate surface area is 123 Å². The zero-order valence-corrected chi connectivity index (χ0v) is 12.7. The first-order chi connectivity index (χ1) is 9.32. The molecular formula is C13H16N2O3S2. The number of nitrogens with two attached hydrogens (primary N) is 1. The van der Waals surface area contributed by atoms with E-state index in [9.17, 15) is 13.2 Å². The van der Waals surface area contributed by atoms with E-state index in [1.807, 2.05) is 0 Å². The summed E-state index contributed by atoms with van der Waals surface area (Å²) < 4.78 is 22.9. The second kappa shape index (κ2) is 5.49. The van der Waals surface area contributed by atoms with Crippen LogP contribution in [0.15, 0.2) is 24.3 Å². The Hall–Kier alpha value is -1.47. The van der Waals surface area contributed by atoms with Crippen molar-refractivity contribution >= 4 is 38.6 Å². The summed E-state index contributed by atoms with van der Waals surface area (Å²) in [5, 5.41) is 0. The van der Waals surface area contributed by atoms with Crippen LogP contribution in [0.4, 0.5) is 5.69 Å². The van der Waals surface area contributed by atoms with Gasteiger partial charge in [-0.15, -0.1) is 0 Å². The number of para-hydroxylation sites is 1. The molecule has 1 heterocycles.